The van der Waals surface area contributed by atoms with E-state index in [4.69, 9.17) is 15.2 Å². The van der Waals surface area contributed by atoms with Crippen molar-refractivity contribution in [2.45, 2.75) is 6.42 Å². The summed E-state index contributed by atoms with van der Waals surface area (Å²) < 4.78 is 10.8. The van der Waals surface area contributed by atoms with Gasteiger partial charge in [-0.05, 0) is 12.1 Å². The molecular weight excluding hydrogens is 208 g/mol. The van der Waals surface area contributed by atoms with Crippen LogP contribution >= 0.6 is 0 Å². The molecule has 1 aromatic carbocycles. The van der Waals surface area contributed by atoms with Gasteiger partial charge >= 0.3 is 0 Å². The molecule has 0 bridgehead atoms. The number of nitrogens with two attached hydrogens (primary N) is 1. The molecule has 0 saturated heterocycles. The highest BCUT2D eigenvalue weighted by Crippen LogP contribution is 2.30. The maximum absolute atomic E-state index is 11.3. The lowest BCUT2D eigenvalue weighted by Gasteiger charge is -2.10. The molecule has 0 aliphatic carbocycles. The average molecular weight is 222 g/mol. The van der Waals surface area contributed by atoms with E-state index in [9.17, 15) is 4.79 Å². The molecule has 16 heavy (non-hydrogen) atoms. The van der Waals surface area contributed by atoms with Crippen molar-refractivity contribution in [3.8, 4) is 11.5 Å². The van der Waals surface area contributed by atoms with Crippen LogP contribution in [0.2, 0.25) is 0 Å². The van der Waals surface area contributed by atoms with E-state index in [1.54, 1.807) is 18.2 Å². The van der Waals surface area contributed by atoms with Crippen LogP contribution in [0, 0.1) is 0 Å². The number of nitrogens with one attached hydrogen (secondary N) is 1. The first kappa shape index (κ1) is 10.8. The minimum Gasteiger partial charge on any atom is -0.492 e. The summed E-state index contributed by atoms with van der Waals surface area (Å²) in [5.74, 6) is 1.30. The van der Waals surface area contributed by atoms with Crippen molar-refractivity contribution in [1.29, 1.82) is 0 Å². The van der Waals surface area contributed by atoms with E-state index in [2.05, 4.69) is 5.32 Å². The predicted octanol–water partition coefficient (Wildman–Crippen LogP) is 0.745. The van der Waals surface area contributed by atoms with Crippen LogP contribution in [0.1, 0.15) is 6.42 Å². The third kappa shape index (κ3) is 2.43. The molecule has 5 nitrogen and oxygen atoms in total. The van der Waals surface area contributed by atoms with Gasteiger partial charge in [-0.2, -0.15) is 0 Å². The van der Waals surface area contributed by atoms with Gasteiger partial charge in [-0.15, -0.1) is 0 Å². The molecule has 0 saturated carbocycles. The topological polar surface area (TPSA) is 73.6 Å². The SMILES string of the molecule is NCCOc1ccc2c(c1)NC(=O)CCO2. The number of amides is 1. The zero-order valence-corrected chi connectivity index (χ0v) is 8.86. The van der Waals surface area contributed by atoms with Gasteiger partial charge in [0, 0.05) is 12.6 Å². The molecule has 0 radical (unpaired) electrons. The molecule has 2 rings (SSSR count). The smallest absolute Gasteiger partial charge is 0.227 e. The van der Waals surface area contributed by atoms with Gasteiger partial charge in [-0.1, -0.05) is 0 Å². The number of benzene rings is 1. The summed E-state index contributed by atoms with van der Waals surface area (Å²) in [6.45, 7) is 1.31. The minimum atomic E-state index is -0.0466. The lowest BCUT2D eigenvalue weighted by atomic mass is 10.2. The van der Waals surface area contributed by atoms with Gasteiger partial charge in [0.1, 0.15) is 18.1 Å². The maximum Gasteiger partial charge on any atom is 0.227 e. The molecule has 1 heterocycles. The highest BCUT2D eigenvalue weighted by molar-refractivity contribution is 5.93. The van der Waals surface area contributed by atoms with Gasteiger partial charge < -0.3 is 20.5 Å². The number of carbonyl (C=O) groups excluding carboxylic acids is 1. The number of fused-ring (bicyclic) bond motifs is 1. The number of rotatable bonds is 3. The molecule has 86 valence electrons. The Balaban J connectivity index is 2.19. The average Bonchev–Trinajstić information content (AvgIpc) is 2.46. The molecule has 0 spiro atoms. The Kier molecular flexibility index (Phi) is 3.26. The van der Waals surface area contributed by atoms with Gasteiger partial charge in [-0.25, -0.2) is 0 Å². The van der Waals surface area contributed by atoms with Gasteiger partial charge in [0.05, 0.1) is 18.7 Å². The van der Waals surface area contributed by atoms with E-state index in [0.717, 1.165) is 0 Å². The van der Waals surface area contributed by atoms with Crippen molar-refractivity contribution in [2.24, 2.45) is 5.73 Å². The lowest BCUT2D eigenvalue weighted by Crippen LogP contribution is -2.11. The largest absolute Gasteiger partial charge is 0.492 e. The third-order valence-electron chi connectivity index (χ3n) is 2.20. The van der Waals surface area contributed by atoms with Crippen molar-refractivity contribution in [1.82, 2.24) is 0 Å². The Morgan fingerprint density at radius 1 is 1.50 bits per heavy atom. The van der Waals surface area contributed by atoms with E-state index in [-0.39, 0.29) is 5.91 Å². The Bertz CT molecular complexity index is 393. The van der Waals surface area contributed by atoms with Gasteiger partial charge in [0.2, 0.25) is 5.91 Å². The molecule has 0 atom stereocenters. The van der Waals surface area contributed by atoms with Crippen LogP contribution in [0.4, 0.5) is 5.69 Å². The Morgan fingerprint density at radius 2 is 2.38 bits per heavy atom. The van der Waals surface area contributed by atoms with E-state index in [1.165, 1.54) is 0 Å². The fraction of sp³-hybridized carbons (Fsp3) is 0.364. The summed E-state index contributed by atoms with van der Waals surface area (Å²) in [5.41, 5.74) is 5.99. The van der Waals surface area contributed by atoms with E-state index >= 15 is 0 Å². The predicted molar refractivity (Wildman–Crippen MR) is 59.7 cm³/mol. The molecule has 0 fully saturated rings. The van der Waals surface area contributed by atoms with Crippen molar-refractivity contribution in [3.63, 3.8) is 0 Å². The summed E-state index contributed by atoms with van der Waals surface area (Å²) >= 11 is 0. The normalized spacial score (nSPS) is 14.4. The zero-order chi connectivity index (χ0) is 11.4. The summed E-state index contributed by atoms with van der Waals surface area (Å²) in [6, 6.07) is 5.33. The Hall–Kier alpha value is -1.75. The van der Waals surface area contributed by atoms with Crippen LogP contribution in [0.15, 0.2) is 18.2 Å². The van der Waals surface area contributed by atoms with Gasteiger partial charge in [0.25, 0.3) is 0 Å². The second-order valence-electron chi connectivity index (χ2n) is 3.44. The van der Waals surface area contributed by atoms with E-state index < -0.39 is 0 Å². The number of ether oxygens (including phenoxy) is 2. The highest BCUT2D eigenvalue weighted by Gasteiger charge is 2.14. The monoisotopic (exact) mass is 222 g/mol. The molecule has 3 N–H and O–H groups in total. The first-order chi connectivity index (χ1) is 7.79. The Morgan fingerprint density at radius 3 is 3.19 bits per heavy atom. The lowest BCUT2D eigenvalue weighted by molar-refractivity contribution is -0.116. The summed E-state index contributed by atoms with van der Waals surface area (Å²) in [7, 11) is 0. The summed E-state index contributed by atoms with van der Waals surface area (Å²) in [4.78, 5) is 11.3. The quantitative estimate of drug-likeness (QED) is 0.791. The standard InChI is InChI=1S/C11H14N2O3/c12-4-6-15-8-1-2-10-9(7-8)13-11(14)3-5-16-10/h1-2,7H,3-6,12H2,(H,13,14). The minimum absolute atomic E-state index is 0.0466. The maximum atomic E-state index is 11.3. The molecule has 1 aliphatic heterocycles. The van der Waals surface area contributed by atoms with Gasteiger partial charge in [-0.3, -0.25) is 4.79 Å². The van der Waals surface area contributed by atoms with Crippen molar-refractivity contribution in [2.75, 3.05) is 25.1 Å². The van der Waals surface area contributed by atoms with Crippen LogP contribution in [0.3, 0.4) is 0 Å². The third-order valence-corrected chi connectivity index (χ3v) is 2.20. The van der Waals surface area contributed by atoms with Crippen LogP contribution in [0.5, 0.6) is 11.5 Å². The first-order valence-electron chi connectivity index (χ1n) is 5.19. The molecular formula is C11H14N2O3. The summed E-state index contributed by atoms with van der Waals surface area (Å²) in [5, 5.41) is 2.76. The van der Waals surface area contributed by atoms with Crippen LogP contribution in [-0.4, -0.2) is 25.7 Å². The van der Waals surface area contributed by atoms with Crippen LogP contribution in [0.25, 0.3) is 0 Å². The van der Waals surface area contributed by atoms with Gasteiger partial charge in [0.15, 0.2) is 0 Å². The van der Waals surface area contributed by atoms with Crippen LogP contribution < -0.4 is 20.5 Å². The zero-order valence-electron chi connectivity index (χ0n) is 8.86. The fourth-order valence-electron chi connectivity index (χ4n) is 1.47. The number of anilines is 1. The Labute approximate surface area is 93.5 Å². The molecule has 5 heteroatoms. The highest BCUT2D eigenvalue weighted by atomic mass is 16.5. The van der Waals surface area contributed by atoms with E-state index in [0.29, 0.717) is 43.4 Å². The number of hydrogen-bond donors (Lipinski definition) is 2. The second-order valence-corrected chi connectivity index (χ2v) is 3.44. The fourth-order valence-corrected chi connectivity index (χ4v) is 1.47. The molecule has 0 aromatic heterocycles. The summed E-state index contributed by atoms with van der Waals surface area (Å²) in [6.07, 6.45) is 0.369. The molecule has 1 aliphatic rings. The molecule has 0 unspecified atom stereocenters. The van der Waals surface area contributed by atoms with Crippen LogP contribution in [-0.2, 0) is 4.79 Å². The number of hydrogen-bond acceptors (Lipinski definition) is 4. The first-order valence-corrected chi connectivity index (χ1v) is 5.19. The molecule has 1 aromatic rings. The second kappa shape index (κ2) is 4.85. The van der Waals surface area contributed by atoms with Crippen molar-refractivity contribution >= 4 is 11.6 Å². The number of carbonyl (C=O) groups is 1. The molecule has 1 amide bonds. The van der Waals surface area contributed by atoms with Crippen molar-refractivity contribution < 1.29 is 14.3 Å². The van der Waals surface area contributed by atoms with E-state index in [1.807, 2.05) is 0 Å². The van der Waals surface area contributed by atoms with Crippen molar-refractivity contribution in [3.05, 3.63) is 18.2 Å².